The summed E-state index contributed by atoms with van der Waals surface area (Å²) in [5.41, 5.74) is 6.26. The van der Waals surface area contributed by atoms with Crippen LogP contribution in [0, 0.1) is 11.3 Å². The quantitative estimate of drug-likeness (QED) is 0.114. The summed E-state index contributed by atoms with van der Waals surface area (Å²) in [5, 5.41) is 8.94. The number of hydrogen-bond donors (Lipinski definition) is 0. The van der Waals surface area contributed by atoms with Crippen LogP contribution in [0.25, 0.3) is 11.1 Å². The van der Waals surface area contributed by atoms with Crippen molar-refractivity contribution in [3.05, 3.63) is 114 Å². The summed E-state index contributed by atoms with van der Waals surface area (Å²) in [7, 11) is 0. The van der Waals surface area contributed by atoms with Gasteiger partial charge in [-0.1, -0.05) is 69.0 Å². The molecule has 0 bridgehead atoms. The molecule has 0 atom stereocenters. The molecule has 0 aliphatic carbocycles. The minimum absolute atomic E-state index is 0.676. The van der Waals surface area contributed by atoms with Crippen molar-refractivity contribution in [1.29, 1.82) is 5.26 Å². The first-order valence-corrected chi connectivity index (χ1v) is 14.3. The summed E-state index contributed by atoms with van der Waals surface area (Å²) in [4.78, 5) is 4.56. The third kappa shape index (κ3) is 9.43. The van der Waals surface area contributed by atoms with Crippen LogP contribution in [-0.4, -0.2) is 19.4 Å². The van der Waals surface area contributed by atoms with Crippen molar-refractivity contribution in [3.8, 4) is 28.7 Å². The molecule has 0 aromatic heterocycles. The number of nitriles is 1. The first-order valence-electron chi connectivity index (χ1n) is 14.3. The third-order valence-electron chi connectivity index (χ3n) is 6.87. The van der Waals surface area contributed by atoms with Crippen LogP contribution in [-0.2, 0) is 6.42 Å². The van der Waals surface area contributed by atoms with Gasteiger partial charge in [0.2, 0.25) is 0 Å². The minimum atomic E-state index is 0.676. The standard InChI is InChI=1S/C36H38N2O2/c1-2-29-11-19-34(20-12-29)38-28-31-13-21-35(22-14-31)39-25-7-5-3-4-6-8-26-40-36-23-17-33(18-24-36)32-15-9-30(27-37)10-16-32/h9-24,28H,2-8,25-26H2,1H3. The monoisotopic (exact) mass is 530 g/mol. The molecule has 0 aliphatic heterocycles. The van der Waals surface area contributed by atoms with Gasteiger partial charge in [-0.3, -0.25) is 4.99 Å². The topological polar surface area (TPSA) is 54.6 Å². The van der Waals surface area contributed by atoms with E-state index in [1.165, 1.54) is 31.2 Å². The second kappa shape index (κ2) is 15.9. The fraction of sp³-hybridized carbons (Fsp3) is 0.278. The number of aryl methyl sites for hydroxylation is 1. The molecule has 4 aromatic rings. The van der Waals surface area contributed by atoms with E-state index in [-0.39, 0.29) is 0 Å². The fourth-order valence-corrected chi connectivity index (χ4v) is 4.39. The highest BCUT2D eigenvalue weighted by molar-refractivity contribution is 5.82. The lowest BCUT2D eigenvalue weighted by Crippen LogP contribution is -1.98. The van der Waals surface area contributed by atoms with Crippen molar-refractivity contribution in [3.63, 3.8) is 0 Å². The number of ether oxygens (including phenoxy) is 2. The van der Waals surface area contributed by atoms with E-state index in [1.807, 2.05) is 66.9 Å². The van der Waals surface area contributed by atoms with Crippen LogP contribution in [0.3, 0.4) is 0 Å². The number of rotatable bonds is 15. The first kappa shape index (κ1) is 28.6. The molecule has 0 fully saturated rings. The van der Waals surface area contributed by atoms with Crippen molar-refractivity contribution in [1.82, 2.24) is 0 Å². The van der Waals surface area contributed by atoms with Gasteiger partial charge >= 0.3 is 0 Å². The first-order chi connectivity index (χ1) is 19.7. The Morgan fingerprint density at radius 1 is 0.625 bits per heavy atom. The summed E-state index contributed by atoms with van der Waals surface area (Å²) < 4.78 is 11.8. The maximum absolute atomic E-state index is 8.94. The Morgan fingerprint density at radius 2 is 1.12 bits per heavy atom. The summed E-state index contributed by atoms with van der Waals surface area (Å²) in [6, 6.07) is 34.4. The number of aliphatic imine (C=N–C) groups is 1. The molecule has 0 spiro atoms. The lowest BCUT2D eigenvalue weighted by atomic mass is 10.0. The van der Waals surface area contributed by atoms with Crippen molar-refractivity contribution in [2.75, 3.05) is 13.2 Å². The van der Waals surface area contributed by atoms with E-state index in [4.69, 9.17) is 14.7 Å². The second-order valence-electron chi connectivity index (χ2n) is 9.88. The summed E-state index contributed by atoms with van der Waals surface area (Å²) >= 11 is 0. The lowest BCUT2D eigenvalue weighted by molar-refractivity contribution is 0.297. The number of nitrogens with zero attached hydrogens (tertiary/aromatic N) is 2. The number of unbranched alkanes of at least 4 members (excludes halogenated alkanes) is 5. The molecule has 4 aromatic carbocycles. The molecule has 4 heteroatoms. The number of hydrogen-bond acceptors (Lipinski definition) is 4. The lowest BCUT2D eigenvalue weighted by Gasteiger charge is -2.08. The second-order valence-corrected chi connectivity index (χ2v) is 9.88. The molecular formula is C36H38N2O2. The Morgan fingerprint density at radius 3 is 1.65 bits per heavy atom. The molecule has 0 saturated heterocycles. The molecule has 204 valence electrons. The molecule has 0 saturated carbocycles. The van der Waals surface area contributed by atoms with Crippen molar-refractivity contribution >= 4 is 11.9 Å². The van der Waals surface area contributed by atoms with Crippen LogP contribution >= 0.6 is 0 Å². The summed E-state index contributed by atoms with van der Waals surface area (Å²) in [5.74, 6) is 1.81. The van der Waals surface area contributed by atoms with Gasteiger partial charge in [0, 0.05) is 6.21 Å². The van der Waals surface area contributed by atoms with Gasteiger partial charge in [0.15, 0.2) is 0 Å². The zero-order valence-electron chi connectivity index (χ0n) is 23.4. The summed E-state index contributed by atoms with van der Waals surface area (Å²) in [6.07, 6.45) is 9.86. The van der Waals surface area contributed by atoms with E-state index >= 15 is 0 Å². The molecular weight excluding hydrogens is 492 g/mol. The zero-order chi connectivity index (χ0) is 27.8. The normalized spacial score (nSPS) is 10.9. The Labute approximate surface area is 238 Å². The fourth-order valence-electron chi connectivity index (χ4n) is 4.39. The third-order valence-corrected chi connectivity index (χ3v) is 6.87. The highest BCUT2D eigenvalue weighted by Gasteiger charge is 2.01. The van der Waals surface area contributed by atoms with E-state index in [1.54, 1.807) is 0 Å². The van der Waals surface area contributed by atoms with Crippen molar-refractivity contribution in [2.24, 2.45) is 4.99 Å². The highest BCUT2D eigenvalue weighted by Crippen LogP contribution is 2.23. The van der Waals surface area contributed by atoms with Crippen LogP contribution in [0.4, 0.5) is 5.69 Å². The zero-order valence-corrected chi connectivity index (χ0v) is 23.4. The van der Waals surface area contributed by atoms with Gasteiger partial charge in [-0.05, 0) is 102 Å². The Kier molecular flexibility index (Phi) is 11.4. The van der Waals surface area contributed by atoms with Crippen LogP contribution in [0.5, 0.6) is 11.5 Å². The molecule has 0 amide bonds. The maximum atomic E-state index is 8.94. The molecule has 40 heavy (non-hydrogen) atoms. The van der Waals surface area contributed by atoms with E-state index in [2.05, 4.69) is 54.4 Å². The van der Waals surface area contributed by atoms with Gasteiger partial charge in [0.05, 0.1) is 30.5 Å². The molecule has 4 nitrogen and oxygen atoms in total. The molecule has 0 heterocycles. The van der Waals surface area contributed by atoms with Crippen molar-refractivity contribution < 1.29 is 9.47 Å². The Bertz CT molecular complexity index is 1350. The number of benzene rings is 4. The van der Waals surface area contributed by atoms with E-state index in [0.717, 1.165) is 66.4 Å². The largest absolute Gasteiger partial charge is 0.494 e. The maximum Gasteiger partial charge on any atom is 0.119 e. The van der Waals surface area contributed by atoms with Crippen LogP contribution < -0.4 is 9.47 Å². The highest BCUT2D eigenvalue weighted by atomic mass is 16.5. The van der Waals surface area contributed by atoms with E-state index in [9.17, 15) is 0 Å². The van der Waals surface area contributed by atoms with Gasteiger partial charge < -0.3 is 9.47 Å². The molecule has 4 rings (SSSR count). The molecule has 0 N–H and O–H groups in total. The molecule has 0 unspecified atom stereocenters. The van der Waals surface area contributed by atoms with E-state index in [0.29, 0.717) is 5.56 Å². The Hall–Kier alpha value is -4.36. The van der Waals surface area contributed by atoms with Crippen LogP contribution in [0.15, 0.2) is 102 Å². The van der Waals surface area contributed by atoms with Gasteiger partial charge in [0.1, 0.15) is 11.5 Å². The average Bonchev–Trinajstić information content (AvgIpc) is 3.02. The van der Waals surface area contributed by atoms with Crippen LogP contribution in [0.1, 0.15) is 62.1 Å². The minimum Gasteiger partial charge on any atom is -0.494 e. The van der Waals surface area contributed by atoms with Crippen LogP contribution in [0.2, 0.25) is 0 Å². The smallest absolute Gasteiger partial charge is 0.119 e. The van der Waals surface area contributed by atoms with Gasteiger partial charge in [-0.2, -0.15) is 5.26 Å². The molecule has 0 aliphatic rings. The van der Waals surface area contributed by atoms with Crippen molar-refractivity contribution in [2.45, 2.75) is 51.9 Å². The predicted octanol–water partition coefficient (Wildman–Crippen LogP) is 9.34. The SMILES string of the molecule is CCc1ccc(N=Cc2ccc(OCCCCCCCCOc3ccc(-c4ccc(C#N)cc4)cc3)cc2)cc1. The van der Waals surface area contributed by atoms with E-state index < -0.39 is 0 Å². The van der Waals surface area contributed by atoms with Gasteiger partial charge in [-0.25, -0.2) is 0 Å². The summed E-state index contributed by atoms with van der Waals surface area (Å²) in [6.45, 7) is 3.65. The van der Waals surface area contributed by atoms with Gasteiger partial charge in [-0.15, -0.1) is 0 Å². The predicted molar refractivity (Wildman–Crippen MR) is 165 cm³/mol. The Balaban J connectivity index is 1.02. The molecule has 0 radical (unpaired) electrons. The average molecular weight is 531 g/mol. The van der Waals surface area contributed by atoms with Gasteiger partial charge in [0.25, 0.3) is 0 Å².